The fourth-order valence-electron chi connectivity index (χ4n) is 4.24. The summed E-state index contributed by atoms with van der Waals surface area (Å²) in [7, 11) is 1.64. The molecule has 1 aromatic heterocycles. The number of carbonyl (C=O) groups excluding carboxylic acids is 1. The van der Waals surface area contributed by atoms with E-state index in [9.17, 15) is 4.79 Å². The van der Waals surface area contributed by atoms with Gasteiger partial charge in [-0.25, -0.2) is 4.68 Å². The van der Waals surface area contributed by atoms with Crippen molar-refractivity contribution in [3.8, 4) is 22.9 Å². The van der Waals surface area contributed by atoms with E-state index in [0.717, 1.165) is 46.7 Å². The van der Waals surface area contributed by atoms with Crippen molar-refractivity contribution in [3.05, 3.63) is 65.4 Å². The van der Waals surface area contributed by atoms with E-state index in [2.05, 4.69) is 5.32 Å². The minimum Gasteiger partial charge on any atom is -0.497 e. The van der Waals surface area contributed by atoms with E-state index < -0.39 is 0 Å². The van der Waals surface area contributed by atoms with Crippen molar-refractivity contribution in [1.82, 2.24) is 14.8 Å². The molecule has 0 amide bonds. The third-order valence-corrected chi connectivity index (χ3v) is 5.72. The van der Waals surface area contributed by atoms with Gasteiger partial charge in [-0.2, -0.15) is 4.98 Å². The molecule has 3 aromatic rings. The average molecular weight is 416 g/mol. The van der Waals surface area contributed by atoms with Gasteiger partial charge in [0.05, 0.1) is 13.7 Å². The highest BCUT2D eigenvalue weighted by Gasteiger charge is 2.36. The lowest BCUT2D eigenvalue weighted by Crippen LogP contribution is -2.31. The van der Waals surface area contributed by atoms with Gasteiger partial charge in [0.1, 0.15) is 17.5 Å². The first-order valence-corrected chi connectivity index (χ1v) is 10.5. The van der Waals surface area contributed by atoms with E-state index in [-0.39, 0.29) is 11.8 Å². The number of anilines is 1. The van der Waals surface area contributed by atoms with Crippen LogP contribution >= 0.6 is 0 Å². The summed E-state index contributed by atoms with van der Waals surface area (Å²) >= 11 is 0. The molecule has 2 aromatic carbocycles. The van der Waals surface area contributed by atoms with E-state index in [1.54, 1.807) is 7.11 Å². The zero-order valence-corrected chi connectivity index (χ0v) is 17.6. The number of benzene rings is 2. The number of nitrogens with one attached hydrogen (secondary N) is 1. The van der Waals surface area contributed by atoms with Crippen LogP contribution in [0.1, 0.15) is 37.8 Å². The van der Waals surface area contributed by atoms with Crippen LogP contribution in [0.15, 0.2) is 59.8 Å². The minimum absolute atomic E-state index is 0.165. The SMILES string of the molecule is CCOc1ccc(-c2nc3n(n2)[C@@H](c2ccc(OC)cc2)C2=C(CCCC2=O)N3)cc1. The first-order valence-electron chi connectivity index (χ1n) is 10.5. The summed E-state index contributed by atoms with van der Waals surface area (Å²) in [4.78, 5) is 17.7. The van der Waals surface area contributed by atoms with Gasteiger partial charge in [-0.15, -0.1) is 5.10 Å². The normalized spacial score (nSPS) is 17.6. The number of hydrogen-bond donors (Lipinski definition) is 1. The molecule has 1 aliphatic heterocycles. The fourth-order valence-corrected chi connectivity index (χ4v) is 4.24. The topological polar surface area (TPSA) is 78.3 Å². The Kier molecular flexibility index (Phi) is 4.94. The maximum Gasteiger partial charge on any atom is 0.226 e. The maximum absolute atomic E-state index is 12.9. The largest absolute Gasteiger partial charge is 0.497 e. The second kappa shape index (κ2) is 7.91. The highest BCUT2D eigenvalue weighted by Crippen LogP contribution is 2.41. The molecule has 2 aliphatic rings. The quantitative estimate of drug-likeness (QED) is 0.665. The molecule has 31 heavy (non-hydrogen) atoms. The maximum atomic E-state index is 12.9. The van der Waals surface area contributed by atoms with Gasteiger partial charge in [-0.1, -0.05) is 12.1 Å². The second-order valence-electron chi connectivity index (χ2n) is 7.63. The molecular weight excluding hydrogens is 392 g/mol. The molecule has 7 nitrogen and oxygen atoms in total. The number of nitrogens with zero attached hydrogens (tertiary/aromatic N) is 3. The lowest BCUT2D eigenvalue weighted by atomic mass is 9.85. The van der Waals surface area contributed by atoms with Crippen LogP contribution in [0.5, 0.6) is 11.5 Å². The zero-order chi connectivity index (χ0) is 21.4. The van der Waals surface area contributed by atoms with Crippen LogP contribution in [-0.4, -0.2) is 34.3 Å². The molecule has 2 heterocycles. The number of ether oxygens (including phenoxy) is 2. The molecule has 1 atom stereocenters. The van der Waals surface area contributed by atoms with Crippen molar-refractivity contribution < 1.29 is 14.3 Å². The van der Waals surface area contributed by atoms with Crippen molar-refractivity contribution in [3.63, 3.8) is 0 Å². The Morgan fingerprint density at radius 2 is 1.81 bits per heavy atom. The monoisotopic (exact) mass is 416 g/mol. The van der Waals surface area contributed by atoms with Gasteiger partial charge < -0.3 is 14.8 Å². The second-order valence-corrected chi connectivity index (χ2v) is 7.63. The highest BCUT2D eigenvalue weighted by atomic mass is 16.5. The fraction of sp³-hybridized carbons (Fsp3) is 0.292. The predicted octanol–water partition coefficient (Wildman–Crippen LogP) is 4.37. The Morgan fingerprint density at radius 1 is 1.06 bits per heavy atom. The lowest BCUT2D eigenvalue weighted by molar-refractivity contribution is -0.116. The van der Waals surface area contributed by atoms with Crippen LogP contribution in [0.3, 0.4) is 0 Å². The minimum atomic E-state index is -0.311. The van der Waals surface area contributed by atoms with Gasteiger partial charge >= 0.3 is 0 Å². The number of Topliss-reactive ketones (excluding diaryl/α,β-unsaturated/α-hetero) is 1. The smallest absolute Gasteiger partial charge is 0.226 e. The van der Waals surface area contributed by atoms with Gasteiger partial charge in [0.2, 0.25) is 5.95 Å². The zero-order valence-electron chi connectivity index (χ0n) is 17.6. The van der Waals surface area contributed by atoms with E-state index in [0.29, 0.717) is 24.8 Å². The number of aromatic nitrogens is 3. The average Bonchev–Trinajstić information content (AvgIpc) is 3.22. The van der Waals surface area contributed by atoms with E-state index in [1.165, 1.54) is 0 Å². The number of fused-ring (bicyclic) bond motifs is 1. The Bertz CT molecular complexity index is 1150. The van der Waals surface area contributed by atoms with Crippen molar-refractivity contribution >= 4 is 11.7 Å². The standard InChI is InChI=1S/C24H24N4O3/c1-3-31-18-13-9-16(10-14-18)23-26-24-25-19-5-4-6-20(29)21(19)22(28(24)27-23)15-7-11-17(30-2)12-8-15/h7-14,22H,3-6H2,1-2H3,(H,25,26,27)/t22-/m0/s1. The van der Waals surface area contributed by atoms with Gasteiger partial charge in [0.25, 0.3) is 0 Å². The van der Waals surface area contributed by atoms with Crippen molar-refractivity contribution in [2.75, 3.05) is 19.0 Å². The Balaban J connectivity index is 1.59. The summed E-state index contributed by atoms with van der Waals surface area (Å²) in [5.41, 5.74) is 3.61. The van der Waals surface area contributed by atoms with Crippen LogP contribution in [0.2, 0.25) is 0 Å². The molecule has 5 rings (SSSR count). The molecule has 0 saturated heterocycles. The molecule has 1 N–H and O–H groups in total. The molecular formula is C24H24N4O3. The third kappa shape index (κ3) is 3.46. The van der Waals surface area contributed by atoms with Gasteiger partial charge in [-0.3, -0.25) is 4.79 Å². The molecule has 0 saturated carbocycles. The molecule has 1 aliphatic carbocycles. The molecule has 0 fully saturated rings. The predicted molar refractivity (Wildman–Crippen MR) is 117 cm³/mol. The van der Waals surface area contributed by atoms with Crippen LogP contribution in [-0.2, 0) is 4.79 Å². The van der Waals surface area contributed by atoms with E-state index >= 15 is 0 Å². The Morgan fingerprint density at radius 3 is 2.52 bits per heavy atom. The van der Waals surface area contributed by atoms with Gasteiger partial charge in [0, 0.05) is 23.3 Å². The van der Waals surface area contributed by atoms with Gasteiger partial charge in [0.15, 0.2) is 11.6 Å². The van der Waals surface area contributed by atoms with Crippen LogP contribution in [0.25, 0.3) is 11.4 Å². The van der Waals surface area contributed by atoms with E-state index in [1.807, 2.05) is 60.1 Å². The number of methoxy groups -OCH3 is 1. The summed E-state index contributed by atoms with van der Waals surface area (Å²) < 4.78 is 12.7. The summed E-state index contributed by atoms with van der Waals surface area (Å²) in [5.74, 6) is 3.01. The number of carbonyl (C=O) groups is 1. The highest BCUT2D eigenvalue weighted by molar-refractivity contribution is 5.99. The molecule has 0 spiro atoms. The number of ketones is 1. The Labute approximate surface area is 180 Å². The summed E-state index contributed by atoms with van der Waals surface area (Å²) in [6, 6.07) is 15.2. The van der Waals surface area contributed by atoms with Crippen LogP contribution < -0.4 is 14.8 Å². The Hall–Kier alpha value is -3.61. The van der Waals surface area contributed by atoms with Crippen LogP contribution in [0.4, 0.5) is 5.95 Å². The van der Waals surface area contributed by atoms with Crippen molar-refractivity contribution in [2.45, 2.75) is 32.2 Å². The van der Waals surface area contributed by atoms with E-state index in [4.69, 9.17) is 19.6 Å². The first-order chi connectivity index (χ1) is 15.2. The molecule has 0 bridgehead atoms. The summed E-state index contributed by atoms with van der Waals surface area (Å²) in [5, 5.41) is 8.18. The number of hydrogen-bond acceptors (Lipinski definition) is 6. The first kappa shape index (κ1) is 19.4. The number of allylic oxidation sites excluding steroid dienone is 2. The van der Waals surface area contributed by atoms with Crippen LogP contribution in [0, 0.1) is 0 Å². The van der Waals surface area contributed by atoms with Crippen molar-refractivity contribution in [1.29, 1.82) is 0 Å². The van der Waals surface area contributed by atoms with Gasteiger partial charge in [-0.05, 0) is 61.7 Å². The summed E-state index contributed by atoms with van der Waals surface area (Å²) in [6.07, 6.45) is 2.24. The lowest BCUT2D eigenvalue weighted by Gasteiger charge is -2.32. The third-order valence-electron chi connectivity index (χ3n) is 5.72. The molecule has 158 valence electrons. The molecule has 7 heteroatoms. The summed E-state index contributed by atoms with van der Waals surface area (Å²) in [6.45, 7) is 2.58. The molecule has 0 radical (unpaired) electrons. The molecule has 0 unspecified atom stereocenters. The van der Waals surface area contributed by atoms with Crippen molar-refractivity contribution in [2.24, 2.45) is 0 Å². The number of rotatable bonds is 5.